The average Bonchev–Trinajstić information content (AvgIpc) is 2.49. The molecule has 1 heterocycles. The van der Waals surface area contributed by atoms with E-state index in [0.29, 0.717) is 24.4 Å². The summed E-state index contributed by atoms with van der Waals surface area (Å²) in [4.78, 5) is 0.392. The maximum absolute atomic E-state index is 12.9. The lowest BCUT2D eigenvalue weighted by atomic mass is 9.96. The van der Waals surface area contributed by atoms with E-state index in [2.05, 4.69) is 0 Å². The number of benzene rings is 2. The van der Waals surface area contributed by atoms with Crippen LogP contribution in [-0.4, -0.2) is 31.9 Å². The summed E-state index contributed by atoms with van der Waals surface area (Å²) in [5, 5.41) is 1.72. The van der Waals surface area contributed by atoms with Crippen LogP contribution in [0.2, 0.25) is 0 Å². The Balaban J connectivity index is 0.00000176. The van der Waals surface area contributed by atoms with Crippen LogP contribution in [0.1, 0.15) is 13.3 Å². The van der Waals surface area contributed by atoms with E-state index in [1.807, 2.05) is 37.3 Å². The number of hydrogen-bond donors (Lipinski definition) is 1. The first-order valence-electron chi connectivity index (χ1n) is 7.23. The first kappa shape index (κ1) is 17.2. The molecular formula is C16H21ClN2O2S. The number of hydrogen-bond acceptors (Lipinski definition) is 3. The van der Waals surface area contributed by atoms with Crippen LogP contribution in [0, 0.1) is 5.92 Å². The highest BCUT2D eigenvalue weighted by Gasteiger charge is 2.32. The van der Waals surface area contributed by atoms with Crippen LogP contribution >= 0.6 is 12.4 Å². The number of sulfonamides is 1. The van der Waals surface area contributed by atoms with Crippen molar-refractivity contribution in [1.82, 2.24) is 4.31 Å². The van der Waals surface area contributed by atoms with Gasteiger partial charge in [-0.2, -0.15) is 4.31 Å². The summed E-state index contributed by atoms with van der Waals surface area (Å²) in [5.74, 6) is 0.184. The van der Waals surface area contributed by atoms with Gasteiger partial charge in [0.25, 0.3) is 0 Å². The largest absolute Gasteiger partial charge is 0.327 e. The lowest BCUT2D eigenvalue weighted by Crippen LogP contribution is -2.48. The number of nitrogens with two attached hydrogens (primary N) is 1. The van der Waals surface area contributed by atoms with Crippen molar-refractivity contribution in [3.05, 3.63) is 42.5 Å². The van der Waals surface area contributed by atoms with Crippen LogP contribution in [0.3, 0.4) is 0 Å². The van der Waals surface area contributed by atoms with Gasteiger partial charge in [-0.25, -0.2) is 8.42 Å². The Labute approximate surface area is 137 Å². The standard InChI is InChI=1S/C16H20N2O2S.ClH/c1-12-11-18(10-9-15(12)17)21(19,20)16-8-4-6-13-5-2-3-7-14(13)16;/h2-8,12,15H,9-11,17H2,1H3;1H. The van der Waals surface area contributed by atoms with Gasteiger partial charge in [0.15, 0.2) is 0 Å². The minimum atomic E-state index is -3.47. The van der Waals surface area contributed by atoms with Gasteiger partial charge in [-0.05, 0) is 23.8 Å². The van der Waals surface area contributed by atoms with Gasteiger partial charge in [-0.3, -0.25) is 0 Å². The van der Waals surface area contributed by atoms with E-state index in [9.17, 15) is 8.42 Å². The van der Waals surface area contributed by atoms with Gasteiger partial charge in [0, 0.05) is 24.5 Å². The van der Waals surface area contributed by atoms with E-state index in [-0.39, 0.29) is 24.4 Å². The molecule has 3 rings (SSSR count). The molecular weight excluding hydrogens is 320 g/mol. The minimum absolute atomic E-state index is 0. The Bertz CT molecular complexity index is 758. The highest BCUT2D eigenvalue weighted by atomic mass is 35.5. The van der Waals surface area contributed by atoms with E-state index >= 15 is 0 Å². The molecule has 2 atom stereocenters. The van der Waals surface area contributed by atoms with Gasteiger partial charge in [0.2, 0.25) is 10.0 Å². The fourth-order valence-electron chi connectivity index (χ4n) is 2.90. The molecule has 2 N–H and O–H groups in total. The third kappa shape index (κ3) is 2.99. The smallest absolute Gasteiger partial charge is 0.243 e. The predicted molar refractivity (Wildman–Crippen MR) is 91.7 cm³/mol. The molecule has 0 amide bonds. The zero-order valence-corrected chi connectivity index (χ0v) is 14.1. The molecule has 120 valence electrons. The number of nitrogens with zero attached hydrogens (tertiary/aromatic N) is 1. The van der Waals surface area contributed by atoms with Crippen LogP contribution in [0.5, 0.6) is 0 Å². The number of halogens is 1. The molecule has 1 aliphatic rings. The van der Waals surface area contributed by atoms with Crippen molar-refractivity contribution >= 4 is 33.2 Å². The van der Waals surface area contributed by atoms with Crippen LogP contribution in [0.4, 0.5) is 0 Å². The molecule has 0 saturated carbocycles. The van der Waals surface area contributed by atoms with Crippen molar-refractivity contribution in [3.8, 4) is 0 Å². The third-order valence-electron chi connectivity index (χ3n) is 4.30. The maximum atomic E-state index is 12.9. The molecule has 0 spiro atoms. The second-order valence-corrected chi connectivity index (χ2v) is 7.68. The lowest BCUT2D eigenvalue weighted by Gasteiger charge is -2.34. The Morgan fingerprint density at radius 1 is 1.14 bits per heavy atom. The maximum Gasteiger partial charge on any atom is 0.243 e. The molecule has 1 saturated heterocycles. The van der Waals surface area contributed by atoms with Gasteiger partial charge in [-0.15, -0.1) is 12.4 Å². The topological polar surface area (TPSA) is 63.4 Å². The summed E-state index contributed by atoms with van der Waals surface area (Å²) >= 11 is 0. The van der Waals surface area contributed by atoms with Crippen LogP contribution in [0.15, 0.2) is 47.4 Å². The monoisotopic (exact) mass is 340 g/mol. The van der Waals surface area contributed by atoms with Crippen molar-refractivity contribution in [2.24, 2.45) is 11.7 Å². The van der Waals surface area contributed by atoms with Gasteiger partial charge in [0.1, 0.15) is 0 Å². The lowest BCUT2D eigenvalue weighted by molar-refractivity contribution is 0.250. The predicted octanol–water partition coefficient (Wildman–Crippen LogP) is 2.62. The second-order valence-electron chi connectivity index (χ2n) is 5.77. The summed E-state index contributed by atoms with van der Waals surface area (Å²) in [7, 11) is -3.47. The molecule has 2 unspecified atom stereocenters. The fraction of sp³-hybridized carbons (Fsp3) is 0.375. The Morgan fingerprint density at radius 2 is 1.82 bits per heavy atom. The van der Waals surface area contributed by atoms with Gasteiger partial charge < -0.3 is 5.73 Å². The minimum Gasteiger partial charge on any atom is -0.327 e. The van der Waals surface area contributed by atoms with E-state index in [0.717, 1.165) is 10.8 Å². The first-order chi connectivity index (χ1) is 10.00. The van der Waals surface area contributed by atoms with Crippen molar-refractivity contribution < 1.29 is 8.42 Å². The molecule has 0 radical (unpaired) electrons. The highest BCUT2D eigenvalue weighted by molar-refractivity contribution is 7.89. The average molecular weight is 341 g/mol. The van der Waals surface area contributed by atoms with E-state index in [1.165, 1.54) is 0 Å². The van der Waals surface area contributed by atoms with Gasteiger partial charge in [0.05, 0.1) is 4.90 Å². The Hall–Kier alpha value is -1.14. The highest BCUT2D eigenvalue weighted by Crippen LogP contribution is 2.28. The number of piperidine rings is 1. The molecule has 0 aromatic heterocycles. The molecule has 1 fully saturated rings. The van der Waals surface area contributed by atoms with Gasteiger partial charge in [-0.1, -0.05) is 43.3 Å². The number of fused-ring (bicyclic) bond motifs is 1. The first-order valence-corrected chi connectivity index (χ1v) is 8.67. The summed E-state index contributed by atoms with van der Waals surface area (Å²) in [6, 6.07) is 13.1. The van der Waals surface area contributed by atoms with Crippen molar-refractivity contribution in [2.45, 2.75) is 24.3 Å². The van der Waals surface area contributed by atoms with Crippen LogP contribution < -0.4 is 5.73 Å². The zero-order chi connectivity index (χ0) is 15.0. The summed E-state index contributed by atoms with van der Waals surface area (Å²) in [6.45, 7) is 3.00. The quantitative estimate of drug-likeness (QED) is 0.914. The van der Waals surface area contributed by atoms with E-state index < -0.39 is 10.0 Å². The van der Waals surface area contributed by atoms with Crippen molar-refractivity contribution in [1.29, 1.82) is 0 Å². The Morgan fingerprint density at radius 3 is 2.55 bits per heavy atom. The fourth-order valence-corrected chi connectivity index (χ4v) is 4.67. The van der Waals surface area contributed by atoms with Gasteiger partial charge >= 0.3 is 0 Å². The molecule has 22 heavy (non-hydrogen) atoms. The molecule has 0 bridgehead atoms. The van der Waals surface area contributed by atoms with E-state index in [4.69, 9.17) is 5.73 Å². The zero-order valence-electron chi connectivity index (χ0n) is 12.5. The molecule has 2 aromatic rings. The van der Waals surface area contributed by atoms with E-state index in [1.54, 1.807) is 16.4 Å². The number of rotatable bonds is 2. The molecule has 2 aromatic carbocycles. The van der Waals surface area contributed by atoms with Crippen LogP contribution in [-0.2, 0) is 10.0 Å². The Kier molecular flexibility index (Phi) is 5.12. The normalized spacial score (nSPS) is 23.2. The summed E-state index contributed by atoms with van der Waals surface area (Å²) in [5.41, 5.74) is 5.99. The summed E-state index contributed by atoms with van der Waals surface area (Å²) in [6.07, 6.45) is 0.713. The molecule has 4 nitrogen and oxygen atoms in total. The van der Waals surface area contributed by atoms with Crippen molar-refractivity contribution in [3.63, 3.8) is 0 Å². The second kappa shape index (κ2) is 6.54. The molecule has 1 aliphatic heterocycles. The molecule has 0 aliphatic carbocycles. The van der Waals surface area contributed by atoms with Crippen molar-refractivity contribution in [2.75, 3.05) is 13.1 Å². The molecule has 6 heteroatoms. The summed E-state index contributed by atoms with van der Waals surface area (Å²) < 4.78 is 27.4. The van der Waals surface area contributed by atoms with Crippen LogP contribution in [0.25, 0.3) is 10.8 Å². The third-order valence-corrected chi connectivity index (χ3v) is 6.23. The SMILES string of the molecule is CC1CN(S(=O)(=O)c2cccc3ccccc23)CCC1N.Cl.